The first-order valence-electron chi connectivity index (χ1n) is 2.58. The van der Waals surface area contributed by atoms with E-state index in [0.29, 0.717) is 0 Å². The smallest absolute Gasteiger partial charge is 0.193 e. The molecular weight excluding hydrogens is 152 g/mol. The van der Waals surface area contributed by atoms with Gasteiger partial charge in [-0.1, -0.05) is 12.8 Å². The maximum atomic E-state index is 4.16. The second-order valence-electron chi connectivity index (χ2n) is 1.77. The van der Waals surface area contributed by atoms with E-state index in [0.717, 1.165) is 10.8 Å². The molecule has 0 amide bonds. The van der Waals surface area contributed by atoms with Crippen molar-refractivity contribution >= 4 is 29.3 Å². The van der Waals surface area contributed by atoms with Crippen LogP contribution < -0.4 is 4.72 Å². The summed E-state index contributed by atoms with van der Waals surface area (Å²) in [4.78, 5) is 5.40. The van der Waals surface area contributed by atoms with E-state index in [1.807, 2.05) is 13.8 Å². The summed E-state index contributed by atoms with van der Waals surface area (Å²) in [6.45, 7) is 4.03. The summed E-state index contributed by atoms with van der Waals surface area (Å²) in [5.41, 5.74) is 1.08. The topological polar surface area (TPSA) is 24.9 Å². The summed E-state index contributed by atoms with van der Waals surface area (Å²) >= 11 is 5.48. The molecule has 0 bridgehead atoms. The summed E-state index contributed by atoms with van der Waals surface area (Å²) in [6.07, 6.45) is 0. The Bertz CT molecular complexity index is 187. The quantitative estimate of drug-likeness (QED) is 0.614. The molecule has 0 atom stereocenters. The van der Waals surface area contributed by atoms with E-state index in [1.54, 1.807) is 11.3 Å². The molecule has 9 heavy (non-hydrogen) atoms. The predicted octanol–water partition coefficient (Wildman–Crippen LogP) is 2.02. The third-order valence-corrected chi connectivity index (χ3v) is 2.48. The maximum absolute atomic E-state index is 4.16. The van der Waals surface area contributed by atoms with Crippen molar-refractivity contribution in [3.63, 3.8) is 0 Å². The number of nitrogens with zero attached hydrogens (tertiary/aromatic N) is 1. The fraction of sp³-hybridized carbons (Fsp3) is 0.400. The third-order valence-electron chi connectivity index (χ3n) is 1.12. The minimum absolute atomic E-state index is 0.869. The van der Waals surface area contributed by atoms with Crippen molar-refractivity contribution in [3.05, 3.63) is 10.6 Å². The Kier molecular flexibility index (Phi) is 1.97. The Morgan fingerprint density at radius 1 is 1.56 bits per heavy atom. The van der Waals surface area contributed by atoms with E-state index >= 15 is 0 Å². The van der Waals surface area contributed by atoms with Gasteiger partial charge in [0.15, 0.2) is 5.13 Å². The van der Waals surface area contributed by atoms with Crippen LogP contribution in [0.1, 0.15) is 10.6 Å². The van der Waals surface area contributed by atoms with Crippen LogP contribution in [0.25, 0.3) is 0 Å². The van der Waals surface area contributed by atoms with Crippen LogP contribution in [0, 0.1) is 13.8 Å². The van der Waals surface area contributed by atoms with Crippen molar-refractivity contribution in [1.29, 1.82) is 0 Å². The summed E-state index contributed by atoms with van der Waals surface area (Å²) in [7, 11) is 0. The molecule has 0 unspecified atom stereocenters. The zero-order valence-corrected chi connectivity index (χ0v) is 7.01. The molecule has 0 saturated heterocycles. The average Bonchev–Trinajstić information content (AvgIpc) is 2.13. The number of thiol groups is 1. The zero-order chi connectivity index (χ0) is 6.85. The van der Waals surface area contributed by atoms with Crippen LogP contribution in [0.15, 0.2) is 0 Å². The molecule has 50 valence electrons. The summed E-state index contributed by atoms with van der Waals surface area (Å²) < 4.78 is 2.69. The van der Waals surface area contributed by atoms with E-state index in [-0.39, 0.29) is 0 Å². The van der Waals surface area contributed by atoms with E-state index in [2.05, 4.69) is 22.5 Å². The van der Waals surface area contributed by atoms with Gasteiger partial charge in [-0.25, -0.2) is 4.98 Å². The molecule has 0 aromatic carbocycles. The van der Waals surface area contributed by atoms with Crippen LogP contribution >= 0.6 is 24.2 Å². The molecule has 1 aromatic heterocycles. The summed E-state index contributed by atoms with van der Waals surface area (Å²) in [6, 6.07) is 0. The van der Waals surface area contributed by atoms with Gasteiger partial charge in [0.25, 0.3) is 0 Å². The number of aromatic nitrogens is 1. The van der Waals surface area contributed by atoms with E-state index in [4.69, 9.17) is 0 Å². The van der Waals surface area contributed by atoms with Gasteiger partial charge in [0.1, 0.15) is 0 Å². The lowest BCUT2D eigenvalue weighted by Gasteiger charge is -1.83. The largest absolute Gasteiger partial charge is 0.308 e. The maximum Gasteiger partial charge on any atom is 0.193 e. The molecule has 0 aliphatic heterocycles. The van der Waals surface area contributed by atoms with Gasteiger partial charge >= 0.3 is 0 Å². The van der Waals surface area contributed by atoms with Crippen molar-refractivity contribution in [2.75, 3.05) is 4.72 Å². The van der Waals surface area contributed by atoms with Gasteiger partial charge in [0, 0.05) is 4.88 Å². The first kappa shape index (κ1) is 6.89. The second kappa shape index (κ2) is 2.58. The Hall–Kier alpha value is -0.220. The summed E-state index contributed by atoms with van der Waals surface area (Å²) in [5.74, 6) is 0. The minimum atomic E-state index is 0.869. The molecule has 0 saturated carbocycles. The lowest BCUT2D eigenvalue weighted by atomic mass is 10.4. The Morgan fingerprint density at radius 3 is 2.44 bits per heavy atom. The van der Waals surface area contributed by atoms with Crippen molar-refractivity contribution in [3.8, 4) is 0 Å². The number of hydrogen-bond donors (Lipinski definition) is 2. The zero-order valence-electron chi connectivity index (χ0n) is 5.30. The van der Waals surface area contributed by atoms with Gasteiger partial charge in [-0.2, -0.15) is 0 Å². The van der Waals surface area contributed by atoms with Crippen molar-refractivity contribution in [2.45, 2.75) is 13.8 Å². The van der Waals surface area contributed by atoms with E-state index in [1.165, 1.54) is 4.88 Å². The predicted molar refractivity (Wildman–Crippen MR) is 44.2 cm³/mol. The van der Waals surface area contributed by atoms with Gasteiger partial charge in [0.2, 0.25) is 0 Å². The highest BCUT2D eigenvalue weighted by molar-refractivity contribution is 7.82. The van der Waals surface area contributed by atoms with Crippen molar-refractivity contribution in [1.82, 2.24) is 4.98 Å². The Morgan fingerprint density at radius 2 is 2.22 bits per heavy atom. The second-order valence-corrected chi connectivity index (χ2v) is 3.20. The van der Waals surface area contributed by atoms with Gasteiger partial charge in [-0.05, 0) is 13.8 Å². The first-order valence-corrected chi connectivity index (χ1v) is 3.84. The first-order chi connectivity index (χ1) is 4.24. The van der Waals surface area contributed by atoms with Crippen molar-refractivity contribution < 1.29 is 0 Å². The number of anilines is 1. The molecule has 1 N–H and O–H groups in total. The van der Waals surface area contributed by atoms with Crippen LogP contribution in [0.4, 0.5) is 5.13 Å². The lowest BCUT2D eigenvalue weighted by molar-refractivity contribution is 1.24. The molecule has 0 aliphatic carbocycles. The van der Waals surface area contributed by atoms with Crippen LogP contribution in [0.5, 0.6) is 0 Å². The molecule has 2 nitrogen and oxygen atoms in total. The lowest BCUT2D eigenvalue weighted by Crippen LogP contribution is -1.77. The van der Waals surface area contributed by atoms with E-state index < -0.39 is 0 Å². The molecular formula is C5H8N2S2. The van der Waals surface area contributed by atoms with Crippen LogP contribution in [0.3, 0.4) is 0 Å². The monoisotopic (exact) mass is 160 g/mol. The number of thiazole rings is 1. The van der Waals surface area contributed by atoms with E-state index in [9.17, 15) is 0 Å². The van der Waals surface area contributed by atoms with Gasteiger partial charge in [0.05, 0.1) is 5.69 Å². The van der Waals surface area contributed by atoms with Crippen molar-refractivity contribution in [2.24, 2.45) is 0 Å². The number of nitrogens with one attached hydrogen (secondary N) is 1. The Balaban J connectivity index is 2.98. The fourth-order valence-corrected chi connectivity index (χ4v) is 1.42. The van der Waals surface area contributed by atoms with Gasteiger partial charge in [-0.3, -0.25) is 0 Å². The SMILES string of the molecule is Cc1nc(NS)sc1C. The van der Waals surface area contributed by atoms with Crippen LogP contribution in [-0.2, 0) is 0 Å². The number of aryl methyl sites for hydroxylation is 2. The summed E-state index contributed by atoms with van der Waals surface area (Å²) in [5, 5.41) is 0.869. The number of hydrogen-bond acceptors (Lipinski definition) is 4. The molecule has 1 rings (SSSR count). The van der Waals surface area contributed by atoms with Crippen LogP contribution in [0.2, 0.25) is 0 Å². The highest BCUT2D eigenvalue weighted by Gasteiger charge is 1.99. The molecule has 0 radical (unpaired) electrons. The molecule has 4 heteroatoms. The molecule has 0 spiro atoms. The van der Waals surface area contributed by atoms with Gasteiger partial charge in [-0.15, -0.1) is 11.3 Å². The van der Waals surface area contributed by atoms with Gasteiger partial charge < -0.3 is 4.72 Å². The fourth-order valence-electron chi connectivity index (χ4n) is 0.521. The molecule has 1 aromatic rings. The highest BCUT2D eigenvalue weighted by Crippen LogP contribution is 2.20. The van der Waals surface area contributed by atoms with Crippen LogP contribution in [-0.4, -0.2) is 4.98 Å². The molecule has 0 aliphatic rings. The normalized spacial score (nSPS) is 9.67. The number of rotatable bonds is 1. The Labute approximate surface area is 63.9 Å². The standard InChI is InChI=1S/C5H8N2S2/c1-3-4(2)9-5(6-3)7-8/h8H,1-2H3,(H,6,7). The highest BCUT2D eigenvalue weighted by atomic mass is 32.1. The molecule has 1 heterocycles. The minimum Gasteiger partial charge on any atom is -0.308 e. The average molecular weight is 160 g/mol. The third kappa shape index (κ3) is 1.37. The molecule has 0 fully saturated rings.